The second-order valence-corrected chi connectivity index (χ2v) is 6.60. The van der Waals surface area contributed by atoms with E-state index in [0.29, 0.717) is 25.1 Å². The fraction of sp³-hybridized carbons (Fsp3) is 0.238. The van der Waals surface area contributed by atoms with Crippen molar-refractivity contribution < 1.29 is 14.0 Å². The molecule has 1 N–H and O–H groups in total. The van der Waals surface area contributed by atoms with Crippen molar-refractivity contribution >= 4 is 22.8 Å². The highest BCUT2D eigenvalue weighted by Gasteiger charge is 2.31. The molecule has 0 saturated carbocycles. The van der Waals surface area contributed by atoms with E-state index >= 15 is 0 Å². The lowest BCUT2D eigenvalue weighted by molar-refractivity contribution is -0.127. The van der Waals surface area contributed by atoms with Crippen molar-refractivity contribution in [2.24, 2.45) is 0 Å². The van der Waals surface area contributed by atoms with Crippen molar-refractivity contribution in [3.63, 3.8) is 0 Å². The number of amides is 2. The smallest absolute Gasteiger partial charge is 0.287 e. The van der Waals surface area contributed by atoms with E-state index < -0.39 is 0 Å². The third-order valence-electron chi connectivity index (χ3n) is 4.71. The maximum atomic E-state index is 12.4. The first kappa shape index (κ1) is 16.4. The van der Waals surface area contributed by atoms with Gasteiger partial charge in [-0.25, -0.2) is 0 Å². The molecule has 1 fully saturated rings. The number of hydrogen-bond acceptors (Lipinski definition) is 3. The van der Waals surface area contributed by atoms with Crippen LogP contribution in [0.5, 0.6) is 0 Å². The average Bonchev–Trinajstić information content (AvgIpc) is 3.24. The molecule has 1 saturated heterocycles. The van der Waals surface area contributed by atoms with Crippen LogP contribution >= 0.6 is 0 Å². The van der Waals surface area contributed by atoms with Crippen LogP contribution in [0.4, 0.5) is 0 Å². The zero-order valence-corrected chi connectivity index (χ0v) is 14.4. The van der Waals surface area contributed by atoms with E-state index in [-0.39, 0.29) is 23.6 Å². The molecule has 1 aliphatic rings. The number of nitrogens with zero attached hydrogens (tertiary/aromatic N) is 1. The molecular weight excluding hydrogens is 328 g/mol. The highest BCUT2D eigenvalue weighted by Crippen LogP contribution is 2.19. The molecule has 1 unspecified atom stereocenters. The molecule has 2 aromatic carbocycles. The lowest BCUT2D eigenvalue weighted by Crippen LogP contribution is -2.37. The number of carbonyl (C=O) groups is 2. The first-order chi connectivity index (χ1) is 12.7. The van der Waals surface area contributed by atoms with E-state index in [1.165, 1.54) is 5.56 Å². The number of likely N-dealkylation sites (tertiary alicyclic amines) is 1. The molecule has 0 bridgehead atoms. The Morgan fingerprint density at radius 1 is 1.12 bits per heavy atom. The number of nitrogens with one attached hydrogen (secondary N) is 1. The van der Waals surface area contributed by atoms with E-state index in [9.17, 15) is 9.59 Å². The predicted molar refractivity (Wildman–Crippen MR) is 98.8 cm³/mol. The molecule has 26 heavy (non-hydrogen) atoms. The Balaban J connectivity index is 1.35. The van der Waals surface area contributed by atoms with Crippen LogP contribution in [0.2, 0.25) is 0 Å². The summed E-state index contributed by atoms with van der Waals surface area (Å²) in [5.74, 6) is 0.0844. The number of benzene rings is 2. The summed E-state index contributed by atoms with van der Waals surface area (Å²) in [4.78, 5) is 26.5. The molecule has 4 rings (SSSR count). The standard InChI is InChI=1S/C21H20N2O3/c24-20-13-17(14-23(20)11-10-15-6-2-1-3-7-15)22-21(25)19-12-16-8-4-5-9-18(16)26-19/h1-9,12,17H,10-11,13-14H2,(H,22,25). The van der Waals surface area contributed by atoms with Crippen LogP contribution in [0.1, 0.15) is 22.5 Å². The largest absolute Gasteiger partial charge is 0.451 e. The number of rotatable bonds is 5. The molecule has 2 heterocycles. The van der Waals surface area contributed by atoms with Gasteiger partial charge >= 0.3 is 0 Å². The summed E-state index contributed by atoms with van der Waals surface area (Å²) in [6.07, 6.45) is 1.15. The van der Waals surface area contributed by atoms with Gasteiger partial charge in [-0.15, -0.1) is 0 Å². The Morgan fingerprint density at radius 3 is 2.69 bits per heavy atom. The fourth-order valence-corrected chi connectivity index (χ4v) is 3.34. The number of para-hydroxylation sites is 1. The van der Waals surface area contributed by atoms with E-state index in [2.05, 4.69) is 17.4 Å². The average molecular weight is 348 g/mol. The van der Waals surface area contributed by atoms with Crippen LogP contribution in [0.15, 0.2) is 65.1 Å². The van der Waals surface area contributed by atoms with Crippen LogP contribution in [-0.4, -0.2) is 35.8 Å². The van der Waals surface area contributed by atoms with Crippen molar-refractivity contribution in [1.82, 2.24) is 10.2 Å². The van der Waals surface area contributed by atoms with Crippen LogP contribution in [-0.2, 0) is 11.2 Å². The van der Waals surface area contributed by atoms with Crippen molar-refractivity contribution in [2.45, 2.75) is 18.9 Å². The minimum Gasteiger partial charge on any atom is -0.451 e. The minimum absolute atomic E-state index is 0.0795. The Labute approximate surface area is 151 Å². The van der Waals surface area contributed by atoms with Crippen LogP contribution in [0, 0.1) is 0 Å². The Bertz CT molecular complexity index is 900. The Morgan fingerprint density at radius 2 is 1.88 bits per heavy atom. The van der Waals surface area contributed by atoms with Gasteiger partial charge in [0.2, 0.25) is 5.91 Å². The summed E-state index contributed by atoms with van der Waals surface area (Å²) in [7, 11) is 0. The molecule has 3 aromatic rings. The van der Waals surface area contributed by atoms with Crippen LogP contribution in [0.25, 0.3) is 11.0 Å². The fourth-order valence-electron chi connectivity index (χ4n) is 3.34. The first-order valence-electron chi connectivity index (χ1n) is 8.80. The summed E-state index contributed by atoms with van der Waals surface area (Å²) >= 11 is 0. The second kappa shape index (κ2) is 7.04. The van der Waals surface area contributed by atoms with E-state index in [4.69, 9.17) is 4.42 Å². The number of fused-ring (bicyclic) bond motifs is 1. The third-order valence-corrected chi connectivity index (χ3v) is 4.71. The molecule has 1 aliphatic heterocycles. The van der Waals surface area contributed by atoms with E-state index in [1.807, 2.05) is 47.4 Å². The maximum absolute atomic E-state index is 12.4. The van der Waals surface area contributed by atoms with Gasteiger partial charge in [-0.05, 0) is 24.1 Å². The zero-order chi connectivity index (χ0) is 17.9. The minimum atomic E-state index is -0.274. The van der Waals surface area contributed by atoms with Crippen molar-refractivity contribution in [3.8, 4) is 0 Å². The van der Waals surface area contributed by atoms with Gasteiger partial charge in [-0.3, -0.25) is 9.59 Å². The highest BCUT2D eigenvalue weighted by molar-refractivity contribution is 5.96. The quantitative estimate of drug-likeness (QED) is 0.771. The van der Waals surface area contributed by atoms with Gasteiger partial charge in [0.1, 0.15) is 5.58 Å². The van der Waals surface area contributed by atoms with Gasteiger partial charge < -0.3 is 14.6 Å². The second-order valence-electron chi connectivity index (χ2n) is 6.60. The number of carbonyl (C=O) groups excluding carboxylic acids is 2. The van der Waals surface area contributed by atoms with E-state index in [0.717, 1.165) is 11.8 Å². The Hall–Kier alpha value is -3.08. The summed E-state index contributed by atoms with van der Waals surface area (Å²) in [6, 6.07) is 19.1. The normalized spacial score (nSPS) is 17.0. The maximum Gasteiger partial charge on any atom is 0.287 e. The lowest BCUT2D eigenvalue weighted by atomic mass is 10.1. The topological polar surface area (TPSA) is 62.6 Å². The number of furan rings is 1. The van der Waals surface area contributed by atoms with Gasteiger partial charge in [-0.2, -0.15) is 0 Å². The molecule has 5 heteroatoms. The van der Waals surface area contributed by atoms with E-state index in [1.54, 1.807) is 6.07 Å². The molecule has 0 radical (unpaired) electrons. The lowest BCUT2D eigenvalue weighted by Gasteiger charge is -2.17. The summed E-state index contributed by atoms with van der Waals surface area (Å²) in [6.45, 7) is 1.21. The SMILES string of the molecule is O=C(NC1CC(=O)N(CCc2ccccc2)C1)c1cc2ccccc2o1. The monoisotopic (exact) mass is 348 g/mol. The van der Waals surface area contributed by atoms with Gasteiger partial charge in [-0.1, -0.05) is 48.5 Å². The summed E-state index contributed by atoms with van der Waals surface area (Å²) < 4.78 is 5.59. The van der Waals surface area contributed by atoms with Crippen molar-refractivity contribution in [3.05, 3.63) is 72.0 Å². The molecule has 0 aliphatic carbocycles. The summed E-state index contributed by atoms with van der Waals surface area (Å²) in [5.41, 5.74) is 1.89. The highest BCUT2D eigenvalue weighted by atomic mass is 16.3. The van der Waals surface area contributed by atoms with Crippen molar-refractivity contribution in [1.29, 1.82) is 0 Å². The van der Waals surface area contributed by atoms with Gasteiger partial charge in [0.05, 0.1) is 6.04 Å². The molecule has 1 atom stereocenters. The molecule has 5 nitrogen and oxygen atoms in total. The van der Waals surface area contributed by atoms with Gasteiger partial charge in [0.25, 0.3) is 5.91 Å². The number of hydrogen-bond donors (Lipinski definition) is 1. The van der Waals surface area contributed by atoms with Gasteiger partial charge in [0.15, 0.2) is 5.76 Å². The molecule has 2 amide bonds. The summed E-state index contributed by atoms with van der Waals surface area (Å²) in [5, 5.41) is 3.81. The predicted octanol–water partition coefficient (Wildman–Crippen LogP) is 3.01. The molecule has 132 valence electrons. The molecule has 0 spiro atoms. The molecular formula is C21H20N2O3. The zero-order valence-electron chi connectivity index (χ0n) is 14.4. The molecule has 1 aromatic heterocycles. The van der Waals surface area contributed by atoms with Gasteiger partial charge in [0, 0.05) is 24.9 Å². The van der Waals surface area contributed by atoms with Crippen LogP contribution < -0.4 is 5.32 Å². The van der Waals surface area contributed by atoms with Crippen LogP contribution in [0.3, 0.4) is 0 Å². The Kier molecular flexibility index (Phi) is 4.44. The first-order valence-corrected chi connectivity index (χ1v) is 8.80. The van der Waals surface area contributed by atoms with Crippen molar-refractivity contribution in [2.75, 3.05) is 13.1 Å². The third kappa shape index (κ3) is 3.47.